The van der Waals surface area contributed by atoms with Gasteiger partial charge in [-0.25, -0.2) is 0 Å². The number of aliphatic hydroxyl groups excluding tert-OH is 2. The molecule has 6 nitrogen and oxygen atoms in total. The van der Waals surface area contributed by atoms with E-state index in [0.717, 1.165) is 51.4 Å². The van der Waals surface area contributed by atoms with Crippen LogP contribution in [0.1, 0.15) is 297 Å². The number of carbonyl (C=O) groups excluding carboxylic acids is 2. The van der Waals surface area contributed by atoms with Crippen LogP contribution >= 0.6 is 0 Å². The molecule has 0 aliphatic carbocycles. The van der Waals surface area contributed by atoms with Crippen molar-refractivity contribution in [1.29, 1.82) is 0 Å². The minimum absolute atomic E-state index is 0.0791. The Kier molecular flexibility index (Phi) is 47.5. The third kappa shape index (κ3) is 43.3. The normalized spacial score (nSPS) is 13.2. The Hall–Kier alpha value is -1.40. The molecular weight excluding hydrogens is 743 g/mol. The molecule has 0 aromatic heterocycles. The van der Waals surface area contributed by atoms with Gasteiger partial charge in [-0.15, -0.1) is 0 Å². The first kappa shape index (κ1) is 58.6. The van der Waals surface area contributed by atoms with Crippen molar-refractivity contribution in [3.05, 3.63) is 12.2 Å². The van der Waals surface area contributed by atoms with Crippen LogP contribution < -0.4 is 5.32 Å². The largest absolute Gasteiger partial charge is 0.462 e. The van der Waals surface area contributed by atoms with Crippen LogP contribution in [0, 0.1) is 0 Å². The van der Waals surface area contributed by atoms with Crippen LogP contribution in [0.25, 0.3) is 0 Å². The number of carbonyl (C=O) groups is 2. The van der Waals surface area contributed by atoms with Gasteiger partial charge in [0.1, 0.15) is 6.10 Å². The summed E-state index contributed by atoms with van der Waals surface area (Å²) in [5, 5.41) is 23.8. The first-order valence-corrected chi connectivity index (χ1v) is 26.9. The van der Waals surface area contributed by atoms with Crippen molar-refractivity contribution in [2.45, 2.75) is 315 Å². The first-order chi connectivity index (χ1) is 29.5. The zero-order valence-electron chi connectivity index (χ0n) is 40.6. The maximum absolute atomic E-state index is 13.2. The fourth-order valence-corrected chi connectivity index (χ4v) is 8.49. The van der Waals surface area contributed by atoms with E-state index in [-0.39, 0.29) is 24.9 Å². The number of esters is 1. The molecule has 0 fully saturated rings. The number of hydrogen-bond donors (Lipinski definition) is 3. The molecule has 0 aliphatic heterocycles. The van der Waals surface area contributed by atoms with Gasteiger partial charge in [0.15, 0.2) is 0 Å². The van der Waals surface area contributed by atoms with Crippen molar-refractivity contribution in [2.75, 3.05) is 6.61 Å². The van der Waals surface area contributed by atoms with Crippen LogP contribution in [0.4, 0.5) is 0 Å². The molecule has 6 heteroatoms. The molecular formula is C54H105NO5. The fourth-order valence-electron chi connectivity index (χ4n) is 8.49. The Morgan fingerprint density at radius 2 is 0.800 bits per heavy atom. The van der Waals surface area contributed by atoms with Gasteiger partial charge in [0.05, 0.1) is 25.2 Å². The number of amides is 1. The minimum Gasteiger partial charge on any atom is -0.462 e. The highest BCUT2D eigenvalue weighted by Gasteiger charge is 2.24. The molecule has 356 valence electrons. The monoisotopic (exact) mass is 848 g/mol. The number of allylic oxidation sites excluding steroid dienone is 2. The number of ether oxygens (including phenoxy) is 1. The van der Waals surface area contributed by atoms with E-state index in [9.17, 15) is 19.8 Å². The maximum atomic E-state index is 13.2. The van der Waals surface area contributed by atoms with Crippen LogP contribution in [-0.4, -0.2) is 46.9 Å². The number of nitrogens with one attached hydrogen (secondary N) is 1. The van der Waals surface area contributed by atoms with Gasteiger partial charge in [0.25, 0.3) is 0 Å². The summed E-state index contributed by atoms with van der Waals surface area (Å²) >= 11 is 0. The SMILES string of the molecule is CCCCCCCC/C=C\CCCCCC(=O)OC(CCCCCCCCCCCCCCCCCC)CC(=O)NC(CO)C(O)CCCCCCCCCCCCCC. The van der Waals surface area contributed by atoms with Gasteiger partial charge in [0, 0.05) is 6.42 Å². The van der Waals surface area contributed by atoms with E-state index in [2.05, 4.69) is 38.2 Å². The molecule has 1 amide bonds. The van der Waals surface area contributed by atoms with Gasteiger partial charge in [-0.05, 0) is 51.4 Å². The number of rotatable bonds is 49. The molecule has 0 rings (SSSR count). The van der Waals surface area contributed by atoms with Crippen molar-refractivity contribution in [2.24, 2.45) is 0 Å². The summed E-state index contributed by atoms with van der Waals surface area (Å²) in [4.78, 5) is 26.2. The quantitative estimate of drug-likeness (QED) is 0.0322. The molecule has 3 N–H and O–H groups in total. The van der Waals surface area contributed by atoms with Crippen molar-refractivity contribution in [3.63, 3.8) is 0 Å². The summed E-state index contributed by atoms with van der Waals surface area (Å²) < 4.78 is 5.94. The molecule has 0 spiro atoms. The summed E-state index contributed by atoms with van der Waals surface area (Å²) in [7, 11) is 0. The lowest BCUT2D eigenvalue weighted by atomic mass is 10.0. The fraction of sp³-hybridized carbons (Fsp3) is 0.926. The van der Waals surface area contributed by atoms with Crippen LogP contribution in [0.3, 0.4) is 0 Å². The number of unbranched alkanes of at least 4 members (excludes halogenated alkanes) is 35. The van der Waals surface area contributed by atoms with E-state index in [1.165, 1.54) is 199 Å². The van der Waals surface area contributed by atoms with Gasteiger partial charge < -0.3 is 20.3 Å². The Labute approximate surface area is 374 Å². The van der Waals surface area contributed by atoms with Gasteiger partial charge >= 0.3 is 5.97 Å². The maximum Gasteiger partial charge on any atom is 0.306 e. The molecule has 0 bridgehead atoms. The molecule has 0 saturated heterocycles. The average molecular weight is 848 g/mol. The lowest BCUT2D eigenvalue weighted by Gasteiger charge is -2.24. The summed E-state index contributed by atoms with van der Waals surface area (Å²) in [6.07, 6.45) is 54.1. The van der Waals surface area contributed by atoms with Crippen molar-refractivity contribution in [1.82, 2.24) is 5.32 Å². The molecule has 0 aromatic rings. The summed E-state index contributed by atoms with van der Waals surface area (Å²) in [6, 6.07) is -0.697. The van der Waals surface area contributed by atoms with Crippen molar-refractivity contribution < 1.29 is 24.5 Å². The Morgan fingerprint density at radius 3 is 1.18 bits per heavy atom. The lowest BCUT2D eigenvalue weighted by molar-refractivity contribution is -0.151. The van der Waals surface area contributed by atoms with E-state index in [1.54, 1.807) is 0 Å². The Balaban J connectivity index is 4.55. The van der Waals surface area contributed by atoms with E-state index >= 15 is 0 Å². The highest BCUT2D eigenvalue weighted by molar-refractivity contribution is 5.77. The smallest absolute Gasteiger partial charge is 0.306 e. The Morgan fingerprint density at radius 1 is 0.467 bits per heavy atom. The van der Waals surface area contributed by atoms with Gasteiger partial charge in [-0.2, -0.15) is 0 Å². The third-order valence-corrected chi connectivity index (χ3v) is 12.6. The van der Waals surface area contributed by atoms with E-state index in [0.29, 0.717) is 19.3 Å². The van der Waals surface area contributed by atoms with E-state index < -0.39 is 18.2 Å². The molecule has 3 atom stereocenters. The standard InChI is InChI=1S/C54H105NO5/c1-4-7-10-13-16-19-22-25-26-27-29-30-33-36-39-42-45-50(60-54(59)47-44-41-38-35-32-28-23-20-17-14-11-8-5-2)48-53(58)55-51(49-56)52(57)46-43-40-37-34-31-24-21-18-15-12-9-6-3/h28,32,50-52,56-57H,4-27,29-31,33-49H2,1-3H3,(H,55,58)/b32-28-. The van der Waals surface area contributed by atoms with Gasteiger partial charge in [-0.1, -0.05) is 245 Å². The zero-order chi connectivity index (χ0) is 43.8. The summed E-state index contributed by atoms with van der Waals surface area (Å²) in [5.41, 5.74) is 0. The lowest BCUT2D eigenvalue weighted by Crippen LogP contribution is -2.46. The molecule has 3 unspecified atom stereocenters. The van der Waals surface area contributed by atoms with Gasteiger partial charge in [-0.3, -0.25) is 9.59 Å². The van der Waals surface area contributed by atoms with Crippen molar-refractivity contribution in [3.8, 4) is 0 Å². The summed E-state index contributed by atoms with van der Waals surface area (Å²) in [5.74, 6) is -0.474. The predicted molar refractivity (Wildman–Crippen MR) is 260 cm³/mol. The minimum atomic E-state index is -0.784. The molecule has 0 radical (unpaired) electrons. The van der Waals surface area contributed by atoms with E-state index in [4.69, 9.17) is 4.74 Å². The van der Waals surface area contributed by atoms with Crippen LogP contribution in [0.15, 0.2) is 12.2 Å². The number of aliphatic hydroxyl groups is 2. The first-order valence-electron chi connectivity index (χ1n) is 26.9. The third-order valence-electron chi connectivity index (χ3n) is 12.6. The molecule has 0 aliphatic rings. The second-order valence-corrected chi connectivity index (χ2v) is 18.6. The average Bonchev–Trinajstić information content (AvgIpc) is 3.24. The zero-order valence-corrected chi connectivity index (χ0v) is 40.6. The second kappa shape index (κ2) is 48.6. The molecule has 60 heavy (non-hydrogen) atoms. The van der Waals surface area contributed by atoms with Crippen LogP contribution in [0.2, 0.25) is 0 Å². The Bertz CT molecular complexity index is 909. The topological polar surface area (TPSA) is 95.9 Å². The highest BCUT2D eigenvalue weighted by atomic mass is 16.5. The van der Waals surface area contributed by atoms with E-state index in [1.807, 2.05) is 0 Å². The highest BCUT2D eigenvalue weighted by Crippen LogP contribution is 2.19. The molecule has 0 aromatic carbocycles. The van der Waals surface area contributed by atoms with Gasteiger partial charge in [0.2, 0.25) is 5.91 Å². The molecule has 0 heterocycles. The molecule has 0 saturated carbocycles. The predicted octanol–water partition coefficient (Wildman–Crippen LogP) is 16.1. The van der Waals surface area contributed by atoms with Crippen LogP contribution in [-0.2, 0) is 14.3 Å². The van der Waals surface area contributed by atoms with Crippen molar-refractivity contribution >= 4 is 11.9 Å². The number of hydrogen-bond acceptors (Lipinski definition) is 5. The second-order valence-electron chi connectivity index (χ2n) is 18.6. The van der Waals surface area contributed by atoms with Crippen LogP contribution in [0.5, 0.6) is 0 Å². The summed E-state index contributed by atoms with van der Waals surface area (Å²) in [6.45, 7) is 6.50.